The van der Waals surface area contributed by atoms with E-state index in [0.717, 1.165) is 15.5 Å². The fourth-order valence-electron chi connectivity index (χ4n) is 4.81. The summed E-state index contributed by atoms with van der Waals surface area (Å²) in [5.74, 6) is -1.05. The van der Waals surface area contributed by atoms with Crippen molar-refractivity contribution >= 4 is 40.0 Å². The molecule has 0 saturated heterocycles. The Balaban J connectivity index is 1.56. The molecule has 0 fully saturated rings. The Morgan fingerprint density at radius 2 is 1.38 bits per heavy atom. The lowest BCUT2D eigenvalue weighted by Crippen LogP contribution is -2.50. The molecule has 1 aliphatic rings. The number of hydrogen-bond donors (Lipinski definition) is 0. The van der Waals surface area contributed by atoms with Gasteiger partial charge in [-0.2, -0.15) is 26.3 Å². The third-order valence-corrected chi connectivity index (χ3v) is 6.88. The highest BCUT2D eigenvalue weighted by Gasteiger charge is 2.74. The molecule has 12 heteroatoms. The molecule has 0 unspecified atom stereocenters. The Morgan fingerprint density at radius 3 is 1.92 bits per heavy atom. The van der Waals surface area contributed by atoms with E-state index in [9.17, 15) is 35.9 Å². The van der Waals surface area contributed by atoms with Crippen LogP contribution in [0.25, 0.3) is 10.9 Å². The molecule has 0 radical (unpaired) electrons. The van der Waals surface area contributed by atoms with Crippen molar-refractivity contribution in [3.8, 4) is 0 Å². The highest BCUT2D eigenvalue weighted by atomic mass is 35.5. The summed E-state index contributed by atoms with van der Waals surface area (Å²) in [5, 5.41) is -0.812. The predicted octanol–water partition coefficient (Wildman–Crippen LogP) is 7.74. The van der Waals surface area contributed by atoms with E-state index < -0.39 is 40.8 Å². The molecular formula is C27H16ClF7N2O2. The van der Waals surface area contributed by atoms with Gasteiger partial charge in [-0.1, -0.05) is 35.9 Å². The zero-order valence-corrected chi connectivity index (χ0v) is 20.5. The van der Waals surface area contributed by atoms with Crippen LogP contribution in [0.5, 0.6) is 0 Å². The molecule has 202 valence electrons. The van der Waals surface area contributed by atoms with Gasteiger partial charge in [-0.25, -0.2) is 9.29 Å². The topological polar surface area (TPSA) is 42.3 Å². The Hall–Kier alpha value is -3.86. The van der Waals surface area contributed by atoms with Gasteiger partial charge in [0.15, 0.2) is 0 Å². The highest BCUT2D eigenvalue weighted by Crippen LogP contribution is 2.55. The maximum absolute atomic E-state index is 15.1. The van der Waals surface area contributed by atoms with E-state index in [1.807, 2.05) is 0 Å². The molecular weight excluding hydrogens is 553 g/mol. The van der Waals surface area contributed by atoms with Crippen molar-refractivity contribution in [3.05, 3.63) is 99.7 Å². The molecule has 1 aliphatic heterocycles. The van der Waals surface area contributed by atoms with Crippen molar-refractivity contribution < 1.29 is 40.3 Å². The van der Waals surface area contributed by atoms with E-state index in [0.29, 0.717) is 17.3 Å². The van der Waals surface area contributed by atoms with Gasteiger partial charge in [0, 0.05) is 34.2 Å². The van der Waals surface area contributed by atoms with Gasteiger partial charge in [0.05, 0.1) is 16.8 Å². The summed E-state index contributed by atoms with van der Waals surface area (Å²) in [4.78, 5) is 26.7. The van der Waals surface area contributed by atoms with Crippen molar-refractivity contribution in [1.82, 2.24) is 4.57 Å². The summed E-state index contributed by atoms with van der Waals surface area (Å²) in [5.41, 5.74) is -5.76. The number of anilines is 1. The minimum absolute atomic E-state index is 0.105. The maximum Gasteiger partial charge on any atom is 0.436 e. The van der Waals surface area contributed by atoms with Crippen molar-refractivity contribution in [2.75, 3.05) is 4.90 Å². The molecule has 0 atom stereocenters. The SMILES string of the molecule is Cc1cc(Cn2cc(C(F)(C(F)(F)F)C(F)(F)F)c3cc(Cl)ccc32)ccc1N1C(=O)c2ccccc2C1=O. The van der Waals surface area contributed by atoms with Crippen molar-refractivity contribution in [2.24, 2.45) is 0 Å². The molecule has 0 bridgehead atoms. The fourth-order valence-corrected chi connectivity index (χ4v) is 4.98. The minimum Gasteiger partial charge on any atom is -0.343 e. The zero-order chi connectivity index (χ0) is 28.5. The number of halogens is 8. The molecule has 4 aromatic rings. The summed E-state index contributed by atoms with van der Waals surface area (Å²) in [6.45, 7) is 1.36. The third-order valence-electron chi connectivity index (χ3n) is 6.64. The Labute approximate surface area is 221 Å². The lowest BCUT2D eigenvalue weighted by molar-refractivity contribution is -0.348. The number of alkyl halides is 7. The van der Waals surface area contributed by atoms with Gasteiger partial charge in [-0.3, -0.25) is 9.59 Å². The van der Waals surface area contributed by atoms with E-state index >= 15 is 4.39 Å². The number of aromatic nitrogens is 1. The molecule has 5 rings (SSSR count). The number of hydrogen-bond acceptors (Lipinski definition) is 2. The second-order valence-corrected chi connectivity index (χ2v) is 9.53. The first-order chi connectivity index (χ1) is 18.1. The normalized spacial score (nSPS) is 14.4. The number of imide groups is 1. The first kappa shape index (κ1) is 26.7. The number of benzene rings is 3. The minimum atomic E-state index is -6.29. The second kappa shape index (κ2) is 8.84. The fraction of sp³-hybridized carbons (Fsp3) is 0.185. The van der Waals surface area contributed by atoms with E-state index in [-0.39, 0.29) is 33.9 Å². The number of nitrogens with zero attached hydrogens (tertiary/aromatic N) is 2. The van der Waals surface area contributed by atoms with Crippen LogP contribution in [0.2, 0.25) is 5.02 Å². The van der Waals surface area contributed by atoms with Gasteiger partial charge in [-0.15, -0.1) is 0 Å². The van der Waals surface area contributed by atoms with Crippen LogP contribution >= 0.6 is 11.6 Å². The number of carbonyl (C=O) groups is 2. The van der Waals surface area contributed by atoms with Crippen molar-refractivity contribution in [3.63, 3.8) is 0 Å². The van der Waals surface area contributed by atoms with Gasteiger partial charge >= 0.3 is 18.0 Å². The van der Waals surface area contributed by atoms with Crippen LogP contribution < -0.4 is 4.90 Å². The average molecular weight is 569 g/mol. The number of aryl methyl sites for hydroxylation is 1. The van der Waals surface area contributed by atoms with Crippen LogP contribution in [0.1, 0.15) is 37.4 Å². The van der Waals surface area contributed by atoms with Gasteiger partial charge in [0.25, 0.3) is 11.8 Å². The molecule has 0 saturated carbocycles. The standard InChI is InChI=1S/C27H16ClF7N2O2/c1-14-10-15(6-8-21(14)37-23(38)17-4-2-3-5-18(17)24(37)39)12-36-13-20(19-11-16(28)7-9-22(19)36)25(29,26(30,31)32)27(33,34)35/h2-11,13H,12H2,1H3. The molecule has 2 heterocycles. The average Bonchev–Trinajstić information content (AvgIpc) is 3.32. The molecule has 0 spiro atoms. The molecule has 39 heavy (non-hydrogen) atoms. The van der Waals surface area contributed by atoms with Crippen LogP contribution in [0.4, 0.5) is 36.4 Å². The number of fused-ring (bicyclic) bond motifs is 2. The van der Waals surface area contributed by atoms with Crippen molar-refractivity contribution in [1.29, 1.82) is 0 Å². The van der Waals surface area contributed by atoms with E-state index in [1.165, 1.54) is 42.5 Å². The van der Waals surface area contributed by atoms with Crippen LogP contribution in [0, 0.1) is 6.92 Å². The first-order valence-electron chi connectivity index (χ1n) is 11.3. The van der Waals surface area contributed by atoms with E-state index in [1.54, 1.807) is 19.1 Å². The quantitative estimate of drug-likeness (QED) is 0.187. The molecule has 3 aromatic carbocycles. The highest BCUT2D eigenvalue weighted by molar-refractivity contribution is 6.34. The van der Waals surface area contributed by atoms with Crippen molar-refractivity contribution in [2.45, 2.75) is 31.5 Å². The van der Waals surface area contributed by atoms with Gasteiger partial charge in [0.2, 0.25) is 0 Å². The zero-order valence-electron chi connectivity index (χ0n) is 19.8. The van der Waals surface area contributed by atoms with Crippen LogP contribution in [-0.2, 0) is 12.2 Å². The lowest BCUT2D eigenvalue weighted by atomic mass is 9.94. The maximum atomic E-state index is 15.1. The Bertz CT molecular complexity index is 1610. The molecule has 0 N–H and O–H groups in total. The Kier molecular flexibility index (Phi) is 6.06. The summed E-state index contributed by atoms with van der Waals surface area (Å²) in [6.07, 6.45) is -12.1. The number of carbonyl (C=O) groups excluding carboxylic acids is 2. The summed E-state index contributed by atoms with van der Waals surface area (Å²) >= 11 is 5.84. The first-order valence-corrected chi connectivity index (χ1v) is 11.7. The van der Waals surface area contributed by atoms with Crippen LogP contribution in [0.3, 0.4) is 0 Å². The molecule has 0 aliphatic carbocycles. The van der Waals surface area contributed by atoms with E-state index in [2.05, 4.69) is 0 Å². The number of amides is 2. The Morgan fingerprint density at radius 1 is 0.795 bits per heavy atom. The van der Waals surface area contributed by atoms with E-state index in [4.69, 9.17) is 11.6 Å². The van der Waals surface area contributed by atoms with Crippen LogP contribution in [-0.4, -0.2) is 28.7 Å². The molecule has 4 nitrogen and oxygen atoms in total. The summed E-state index contributed by atoms with van der Waals surface area (Å²) in [6, 6.07) is 14.1. The summed E-state index contributed by atoms with van der Waals surface area (Å²) in [7, 11) is 0. The number of rotatable bonds is 4. The second-order valence-electron chi connectivity index (χ2n) is 9.10. The lowest BCUT2D eigenvalue weighted by Gasteiger charge is -2.29. The van der Waals surface area contributed by atoms with Gasteiger partial charge in [0.1, 0.15) is 0 Å². The third kappa shape index (κ3) is 4.07. The molecule has 1 aromatic heterocycles. The smallest absolute Gasteiger partial charge is 0.343 e. The predicted molar refractivity (Wildman–Crippen MR) is 130 cm³/mol. The monoisotopic (exact) mass is 568 g/mol. The summed E-state index contributed by atoms with van der Waals surface area (Å²) < 4.78 is 97.5. The van der Waals surface area contributed by atoms with Gasteiger partial charge in [-0.05, 0) is 54.4 Å². The largest absolute Gasteiger partial charge is 0.436 e. The van der Waals surface area contributed by atoms with Crippen LogP contribution in [0.15, 0.2) is 66.9 Å². The van der Waals surface area contributed by atoms with Gasteiger partial charge < -0.3 is 4.57 Å². The molecule has 2 amide bonds.